The summed E-state index contributed by atoms with van der Waals surface area (Å²) in [6, 6.07) is 68.2. The molecule has 0 fully saturated rings. The highest BCUT2D eigenvalue weighted by molar-refractivity contribution is 6.15. The Balaban J connectivity index is 1.10. The highest BCUT2D eigenvalue weighted by atomic mass is 15.2. The summed E-state index contributed by atoms with van der Waals surface area (Å²) < 4.78 is 2.36. The van der Waals surface area contributed by atoms with E-state index in [0.29, 0.717) is 5.84 Å². The Labute approximate surface area is 313 Å². The van der Waals surface area contributed by atoms with E-state index in [4.69, 9.17) is 9.98 Å². The molecule has 9 aromatic rings. The Morgan fingerprint density at radius 1 is 0.500 bits per heavy atom. The first-order chi connectivity index (χ1) is 26.7. The summed E-state index contributed by atoms with van der Waals surface area (Å²) in [6.07, 6.45) is -0.288. The number of amidine groups is 2. The van der Waals surface area contributed by atoms with Crippen LogP contribution in [0, 0.1) is 0 Å². The van der Waals surface area contributed by atoms with Crippen LogP contribution in [-0.2, 0) is 0 Å². The summed E-state index contributed by atoms with van der Waals surface area (Å²) in [4.78, 5) is 10.3. The number of nitrogens with zero attached hydrogens (tertiary/aromatic N) is 3. The van der Waals surface area contributed by atoms with Crippen LogP contribution in [0.25, 0.3) is 49.4 Å². The van der Waals surface area contributed by atoms with Gasteiger partial charge in [-0.25, -0.2) is 9.98 Å². The molecule has 0 amide bonds. The molecule has 0 aliphatic carbocycles. The molecule has 0 saturated heterocycles. The van der Waals surface area contributed by atoms with Crippen LogP contribution in [0.2, 0.25) is 0 Å². The molecule has 8 aromatic carbocycles. The minimum atomic E-state index is -0.288. The van der Waals surface area contributed by atoms with E-state index in [-0.39, 0.29) is 6.17 Å². The second-order valence-corrected chi connectivity index (χ2v) is 13.6. The Morgan fingerprint density at radius 3 is 2.04 bits per heavy atom. The van der Waals surface area contributed by atoms with Gasteiger partial charge in [-0.1, -0.05) is 146 Å². The monoisotopic (exact) mass is 693 g/mol. The van der Waals surface area contributed by atoms with Crippen molar-refractivity contribution in [1.82, 2.24) is 9.88 Å². The zero-order valence-electron chi connectivity index (χ0n) is 29.4. The van der Waals surface area contributed by atoms with Crippen molar-refractivity contribution in [1.29, 1.82) is 0 Å². The first-order valence-electron chi connectivity index (χ1n) is 18.3. The van der Waals surface area contributed by atoms with Gasteiger partial charge in [0, 0.05) is 44.5 Å². The predicted octanol–water partition coefficient (Wildman–Crippen LogP) is 11.8. The minimum absolute atomic E-state index is 0.288. The lowest BCUT2D eigenvalue weighted by atomic mass is 10.00. The second kappa shape index (κ2) is 13.4. The molecule has 0 spiro atoms. The molecular weight excluding hydrogens is 659 g/mol. The van der Waals surface area contributed by atoms with Crippen molar-refractivity contribution in [3.8, 4) is 16.8 Å². The van der Waals surface area contributed by atoms with Crippen molar-refractivity contribution in [3.05, 3.63) is 211 Å². The van der Waals surface area contributed by atoms with Gasteiger partial charge in [-0.3, -0.25) is 0 Å². The van der Waals surface area contributed by atoms with E-state index in [1.165, 1.54) is 27.1 Å². The Bertz CT molecular complexity index is 2870. The lowest BCUT2D eigenvalue weighted by molar-refractivity contribution is 0.674. The molecule has 2 N–H and O–H groups in total. The van der Waals surface area contributed by atoms with Gasteiger partial charge in [0.25, 0.3) is 0 Å². The number of aromatic nitrogens is 1. The minimum Gasteiger partial charge on any atom is -0.355 e. The van der Waals surface area contributed by atoms with Gasteiger partial charge < -0.3 is 15.2 Å². The molecule has 1 unspecified atom stereocenters. The zero-order valence-corrected chi connectivity index (χ0v) is 29.4. The molecule has 0 saturated carbocycles. The van der Waals surface area contributed by atoms with Gasteiger partial charge in [-0.05, 0) is 70.4 Å². The molecule has 0 radical (unpaired) electrons. The number of fused-ring (bicyclic) bond motifs is 4. The standard InChI is InChI=1S/C49H35N5/c1-4-16-34(17-5-1)42-31-43-41-25-12-13-26-45(41)54(40-23-8-3-9-24-40)46(43)32-44(42)50-39-22-14-21-37(30-39)48-51-47(35-18-6-2-7-19-35)52-49(53-48)38-28-27-33-15-10-11-20-36(33)29-38/h1-32,47,50H,(H,51,52,53). The third-order valence-electron chi connectivity index (χ3n) is 10.2. The predicted molar refractivity (Wildman–Crippen MR) is 225 cm³/mol. The molecule has 1 aromatic heterocycles. The van der Waals surface area contributed by atoms with E-state index in [0.717, 1.165) is 56.2 Å². The molecule has 5 nitrogen and oxygen atoms in total. The second-order valence-electron chi connectivity index (χ2n) is 13.6. The summed E-state index contributed by atoms with van der Waals surface area (Å²) >= 11 is 0. The fraction of sp³-hybridized carbons (Fsp3) is 0.0204. The summed E-state index contributed by atoms with van der Waals surface area (Å²) in [7, 11) is 0. The smallest absolute Gasteiger partial charge is 0.159 e. The Kier molecular flexibility index (Phi) is 7.81. The molecule has 10 rings (SSSR count). The number of nitrogens with one attached hydrogen (secondary N) is 2. The average molecular weight is 694 g/mol. The molecule has 1 aliphatic heterocycles. The van der Waals surface area contributed by atoms with Gasteiger partial charge in [0.2, 0.25) is 0 Å². The van der Waals surface area contributed by atoms with Gasteiger partial charge in [-0.2, -0.15) is 0 Å². The van der Waals surface area contributed by atoms with E-state index in [1.807, 2.05) is 6.07 Å². The number of anilines is 2. The number of rotatable bonds is 7. The average Bonchev–Trinajstić information content (AvgIpc) is 3.57. The zero-order chi connectivity index (χ0) is 35.8. The van der Waals surface area contributed by atoms with E-state index in [9.17, 15) is 0 Å². The van der Waals surface area contributed by atoms with Crippen molar-refractivity contribution < 1.29 is 0 Å². The fourth-order valence-electron chi connectivity index (χ4n) is 7.59. The number of hydrogen-bond acceptors (Lipinski definition) is 4. The van der Waals surface area contributed by atoms with Gasteiger partial charge in [0.15, 0.2) is 5.84 Å². The number of hydrogen-bond donors (Lipinski definition) is 2. The van der Waals surface area contributed by atoms with Gasteiger partial charge in [-0.15, -0.1) is 0 Å². The lowest BCUT2D eigenvalue weighted by Crippen LogP contribution is -2.33. The molecule has 54 heavy (non-hydrogen) atoms. The van der Waals surface area contributed by atoms with Gasteiger partial charge in [0.05, 0.1) is 11.0 Å². The largest absolute Gasteiger partial charge is 0.355 e. The Morgan fingerprint density at radius 2 is 1.20 bits per heavy atom. The molecule has 1 aliphatic rings. The van der Waals surface area contributed by atoms with Crippen molar-refractivity contribution in [3.63, 3.8) is 0 Å². The quantitative estimate of drug-likeness (QED) is 0.175. The van der Waals surface area contributed by atoms with Gasteiger partial charge >= 0.3 is 0 Å². The third kappa shape index (κ3) is 5.78. The highest BCUT2D eigenvalue weighted by Crippen LogP contribution is 2.40. The maximum Gasteiger partial charge on any atom is 0.159 e. The lowest BCUT2D eigenvalue weighted by Gasteiger charge is -2.24. The van der Waals surface area contributed by atoms with E-state index in [1.54, 1.807) is 0 Å². The van der Waals surface area contributed by atoms with Crippen LogP contribution in [0.3, 0.4) is 0 Å². The summed E-state index contributed by atoms with van der Waals surface area (Å²) in [5, 5.41) is 12.3. The van der Waals surface area contributed by atoms with Crippen LogP contribution in [0.15, 0.2) is 204 Å². The van der Waals surface area contributed by atoms with Crippen LogP contribution in [0.5, 0.6) is 0 Å². The van der Waals surface area contributed by atoms with Crippen LogP contribution >= 0.6 is 0 Å². The first kappa shape index (κ1) is 31.5. The molecular formula is C49H35N5. The maximum atomic E-state index is 5.17. The molecule has 2 heterocycles. The normalized spacial score (nSPS) is 14.1. The third-order valence-corrected chi connectivity index (χ3v) is 10.2. The van der Waals surface area contributed by atoms with Crippen molar-refractivity contribution >= 4 is 55.6 Å². The summed E-state index contributed by atoms with van der Waals surface area (Å²) in [5.74, 6) is 1.47. The number of benzene rings is 8. The first-order valence-corrected chi connectivity index (χ1v) is 18.3. The van der Waals surface area contributed by atoms with Crippen LogP contribution in [0.4, 0.5) is 11.4 Å². The Hall–Kier alpha value is -7.24. The molecule has 256 valence electrons. The maximum absolute atomic E-state index is 5.17. The topological polar surface area (TPSA) is 53.7 Å². The SMILES string of the molecule is c1ccc(-c2cc3c4ccccc4n(-c4ccccc4)c3cc2Nc2cccc(C3=NC(c4ccccc4)NC(c4ccc5ccccc5c4)=N3)c2)cc1. The van der Waals surface area contributed by atoms with Crippen molar-refractivity contribution in [2.24, 2.45) is 9.98 Å². The van der Waals surface area contributed by atoms with Crippen LogP contribution in [0.1, 0.15) is 22.9 Å². The molecule has 1 atom stereocenters. The molecule has 0 bridgehead atoms. The van der Waals surface area contributed by atoms with E-state index in [2.05, 4.69) is 203 Å². The highest BCUT2D eigenvalue weighted by Gasteiger charge is 2.22. The molecule has 5 heteroatoms. The van der Waals surface area contributed by atoms with Crippen LogP contribution < -0.4 is 10.6 Å². The van der Waals surface area contributed by atoms with Crippen LogP contribution in [-0.4, -0.2) is 16.2 Å². The summed E-state index contributed by atoms with van der Waals surface area (Å²) in [6.45, 7) is 0. The van der Waals surface area contributed by atoms with Gasteiger partial charge in [0.1, 0.15) is 12.0 Å². The van der Waals surface area contributed by atoms with E-state index >= 15 is 0 Å². The number of aliphatic imine (C=N–C) groups is 2. The van der Waals surface area contributed by atoms with Crippen molar-refractivity contribution in [2.75, 3.05) is 5.32 Å². The fourth-order valence-corrected chi connectivity index (χ4v) is 7.59. The number of para-hydroxylation sites is 2. The summed E-state index contributed by atoms with van der Waals surface area (Å²) in [5.41, 5.74) is 10.7. The van der Waals surface area contributed by atoms with Crippen molar-refractivity contribution in [2.45, 2.75) is 6.17 Å². The van der Waals surface area contributed by atoms with E-state index < -0.39 is 0 Å².